The summed E-state index contributed by atoms with van der Waals surface area (Å²) >= 11 is 0. The Kier molecular flexibility index (Phi) is 4.54. The first-order valence-electron chi connectivity index (χ1n) is 8.00. The third-order valence-corrected chi connectivity index (χ3v) is 4.53. The topological polar surface area (TPSA) is 103 Å². The van der Waals surface area contributed by atoms with Crippen LogP contribution in [0.2, 0.25) is 0 Å². The third-order valence-electron chi connectivity index (χ3n) is 4.53. The van der Waals surface area contributed by atoms with Crippen molar-refractivity contribution in [2.45, 2.75) is 38.6 Å². The summed E-state index contributed by atoms with van der Waals surface area (Å²) in [6.45, 7) is 2.13. The number of amides is 1. The largest absolute Gasteiger partial charge is 0.349 e. The van der Waals surface area contributed by atoms with E-state index < -0.39 is 4.92 Å². The van der Waals surface area contributed by atoms with Gasteiger partial charge in [-0.1, -0.05) is 19.8 Å². The van der Waals surface area contributed by atoms with Crippen LogP contribution in [0.1, 0.15) is 43.0 Å². The standard InChI is InChI=1S/C16H19N5O3/c1-11-4-2-3-5-13(11)19-16(22)12-6-7-14(15(8-12)21(23)24)20-10-17-9-18-20/h6-11,13H,2-5H2,1H3,(H,19,22)/t11-,13-/m1/s1. The van der Waals surface area contributed by atoms with E-state index >= 15 is 0 Å². The maximum absolute atomic E-state index is 12.5. The molecule has 0 bridgehead atoms. The number of nitrogens with one attached hydrogen (secondary N) is 1. The molecule has 1 aromatic carbocycles. The van der Waals surface area contributed by atoms with E-state index in [1.54, 1.807) is 6.07 Å². The number of hydrogen-bond acceptors (Lipinski definition) is 5. The molecule has 8 nitrogen and oxygen atoms in total. The molecule has 1 aliphatic rings. The lowest BCUT2D eigenvalue weighted by atomic mass is 9.86. The van der Waals surface area contributed by atoms with E-state index in [1.807, 2.05) is 0 Å². The van der Waals surface area contributed by atoms with E-state index in [1.165, 1.54) is 35.9 Å². The van der Waals surface area contributed by atoms with Gasteiger partial charge in [0.15, 0.2) is 0 Å². The number of nitro benzene ring substituents is 1. The predicted molar refractivity (Wildman–Crippen MR) is 86.9 cm³/mol. The molecule has 1 heterocycles. The number of nitrogens with zero attached hydrogens (tertiary/aromatic N) is 4. The summed E-state index contributed by atoms with van der Waals surface area (Å²) in [5.41, 5.74) is 0.383. The lowest BCUT2D eigenvalue weighted by Gasteiger charge is -2.29. The van der Waals surface area contributed by atoms with Crippen LogP contribution in [0.3, 0.4) is 0 Å². The Morgan fingerprint density at radius 1 is 1.38 bits per heavy atom. The Morgan fingerprint density at radius 2 is 2.17 bits per heavy atom. The average molecular weight is 329 g/mol. The second-order valence-corrected chi connectivity index (χ2v) is 6.14. The van der Waals surface area contributed by atoms with Gasteiger partial charge in [0.05, 0.1) is 4.92 Å². The summed E-state index contributed by atoms with van der Waals surface area (Å²) in [4.78, 5) is 27.1. The summed E-state index contributed by atoms with van der Waals surface area (Å²) in [6.07, 6.45) is 7.01. The van der Waals surface area contributed by atoms with Crippen molar-refractivity contribution in [1.82, 2.24) is 20.1 Å². The van der Waals surface area contributed by atoms with Crippen LogP contribution in [0.5, 0.6) is 0 Å². The van der Waals surface area contributed by atoms with Crippen LogP contribution in [0.25, 0.3) is 5.69 Å². The minimum atomic E-state index is -0.517. The Balaban J connectivity index is 1.84. The zero-order valence-electron chi connectivity index (χ0n) is 13.4. The number of rotatable bonds is 4. The van der Waals surface area contributed by atoms with Gasteiger partial charge < -0.3 is 5.32 Å². The number of carbonyl (C=O) groups excluding carboxylic acids is 1. The monoisotopic (exact) mass is 329 g/mol. The van der Waals surface area contributed by atoms with Gasteiger partial charge in [0.1, 0.15) is 18.3 Å². The van der Waals surface area contributed by atoms with Crippen molar-refractivity contribution < 1.29 is 9.72 Å². The molecule has 1 amide bonds. The molecule has 0 spiro atoms. The zero-order chi connectivity index (χ0) is 17.1. The highest BCUT2D eigenvalue weighted by Gasteiger charge is 2.25. The van der Waals surface area contributed by atoms with Crippen molar-refractivity contribution in [3.05, 3.63) is 46.5 Å². The molecule has 0 aliphatic heterocycles. The molecule has 8 heteroatoms. The Labute approximate surface area is 139 Å². The van der Waals surface area contributed by atoms with Crippen LogP contribution in [-0.4, -0.2) is 31.6 Å². The first-order chi connectivity index (χ1) is 11.6. The maximum Gasteiger partial charge on any atom is 0.295 e. The molecule has 2 atom stereocenters. The van der Waals surface area contributed by atoms with Gasteiger partial charge in [-0.15, -0.1) is 0 Å². The Hall–Kier alpha value is -2.77. The number of aromatic nitrogens is 3. The first-order valence-corrected chi connectivity index (χ1v) is 8.00. The minimum absolute atomic E-state index is 0.125. The quantitative estimate of drug-likeness (QED) is 0.685. The Morgan fingerprint density at radius 3 is 2.83 bits per heavy atom. The van der Waals surface area contributed by atoms with Crippen LogP contribution >= 0.6 is 0 Å². The Bertz CT molecular complexity index is 744. The number of benzene rings is 1. The van der Waals surface area contributed by atoms with E-state index in [4.69, 9.17) is 0 Å². The summed E-state index contributed by atoms with van der Waals surface area (Å²) in [6, 6.07) is 4.51. The molecule has 0 unspecified atom stereocenters. The highest BCUT2D eigenvalue weighted by molar-refractivity contribution is 5.95. The first kappa shape index (κ1) is 16.1. The summed E-state index contributed by atoms with van der Waals surface area (Å²) in [7, 11) is 0. The molecule has 3 rings (SSSR count). The smallest absolute Gasteiger partial charge is 0.295 e. The van der Waals surface area contributed by atoms with Crippen molar-refractivity contribution in [2.24, 2.45) is 5.92 Å². The number of nitro groups is 1. The van der Waals surface area contributed by atoms with Gasteiger partial charge in [0.2, 0.25) is 0 Å². The molecule has 1 aliphatic carbocycles. The average Bonchev–Trinajstić information content (AvgIpc) is 3.10. The van der Waals surface area contributed by atoms with Gasteiger partial charge >= 0.3 is 0 Å². The highest BCUT2D eigenvalue weighted by Crippen LogP contribution is 2.26. The molecule has 126 valence electrons. The molecule has 1 N–H and O–H groups in total. The number of hydrogen-bond donors (Lipinski definition) is 1. The van der Waals surface area contributed by atoms with Crippen molar-refractivity contribution in [2.75, 3.05) is 0 Å². The fourth-order valence-corrected chi connectivity index (χ4v) is 3.12. The van der Waals surface area contributed by atoms with E-state index in [-0.39, 0.29) is 28.9 Å². The molecular formula is C16H19N5O3. The predicted octanol–water partition coefficient (Wildman–Crippen LogP) is 2.48. The molecule has 1 saturated carbocycles. The van der Waals surface area contributed by atoms with Gasteiger partial charge in [-0.3, -0.25) is 14.9 Å². The van der Waals surface area contributed by atoms with Gasteiger partial charge in [-0.05, 0) is 30.9 Å². The molecule has 2 aromatic rings. The summed E-state index contributed by atoms with van der Waals surface area (Å²) in [5, 5.41) is 18.3. The third kappa shape index (κ3) is 3.27. The fraction of sp³-hybridized carbons (Fsp3) is 0.438. The summed E-state index contributed by atoms with van der Waals surface area (Å²) in [5.74, 6) is 0.147. The SMILES string of the molecule is C[C@@H]1CCCC[C@H]1NC(=O)c1ccc(-n2cncn2)c([N+](=O)[O-])c1. The molecular weight excluding hydrogens is 310 g/mol. The molecule has 1 fully saturated rings. The van der Waals surface area contributed by atoms with Gasteiger partial charge in [0, 0.05) is 17.7 Å². The normalized spacial score (nSPS) is 20.5. The second-order valence-electron chi connectivity index (χ2n) is 6.14. The van der Waals surface area contributed by atoms with Crippen LogP contribution in [0.15, 0.2) is 30.9 Å². The highest BCUT2D eigenvalue weighted by atomic mass is 16.6. The fourth-order valence-electron chi connectivity index (χ4n) is 3.12. The van der Waals surface area contributed by atoms with Crippen molar-refractivity contribution in [3.8, 4) is 5.69 Å². The zero-order valence-corrected chi connectivity index (χ0v) is 13.4. The molecule has 24 heavy (non-hydrogen) atoms. The summed E-state index contributed by atoms with van der Waals surface area (Å²) < 4.78 is 1.31. The molecule has 0 saturated heterocycles. The van der Waals surface area contributed by atoms with Crippen LogP contribution in [-0.2, 0) is 0 Å². The van der Waals surface area contributed by atoms with Crippen molar-refractivity contribution >= 4 is 11.6 Å². The lowest BCUT2D eigenvalue weighted by molar-refractivity contribution is -0.384. The van der Waals surface area contributed by atoms with Gasteiger partial charge in [0.25, 0.3) is 11.6 Å². The van der Waals surface area contributed by atoms with Crippen LogP contribution in [0.4, 0.5) is 5.69 Å². The maximum atomic E-state index is 12.5. The van der Waals surface area contributed by atoms with Crippen LogP contribution in [0, 0.1) is 16.0 Å². The van der Waals surface area contributed by atoms with Crippen LogP contribution < -0.4 is 5.32 Å². The van der Waals surface area contributed by atoms with E-state index in [2.05, 4.69) is 22.3 Å². The molecule has 1 aromatic heterocycles. The van der Waals surface area contributed by atoms with E-state index in [9.17, 15) is 14.9 Å². The van der Waals surface area contributed by atoms with Gasteiger partial charge in [-0.2, -0.15) is 5.10 Å². The minimum Gasteiger partial charge on any atom is -0.349 e. The van der Waals surface area contributed by atoms with E-state index in [0.29, 0.717) is 5.92 Å². The number of carbonyl (C=O) groups is 1. The van der Waals surface area contributed by atoms with Crippen molar-refractivity contribution in [3.63, 3.8) is 0 Å². The van der Waals surface area contributed by atoms with Gasteiger partial charge in [-0.25, -0.2) is 9.67 Å². The van der Waals surface area contributed by atoms with Crippen molar-refractivity contribution in [1.29, 1.82) is 0 Å². The molecule has 0 radical (unpaired) electrons. The second kappa shape index (κ2) is 6.77. The lowest BCUT2D eigenvalue weighted by Crippen LogP contribution is -2.41. The van der Waals surface area contributed by atoms with E-state index in [0.717, 1.165) is 19.3 Å².